The monoisotopic (exact) mass is 414 g/mol. The molecule has 1 aliphatic rings. The van der Waals surface area contributed by atoms with E-state index in [0.29, 0.717) is 7.48 Å². The topological polar surface area (TPSA) is 29.5 Å². The van der Waals surface area contributed by atoms with Crippen LogP contribution in [0.4, 0.5) is 0 Å². The van der Waals surface area contributed by atoms with Crippen LogP contribution in [0.3, 0.4) is 0 Å². The molecule has 0 atom stereocenters. The maximum absolute atomic E-state index is 10.5. The molecule has 0 amide bonds. The van der Waals surface area contributed by atoms with Crippen molar-refractivity contribution in [3.8, 4) is 0 Å². The molecule has 0 bridgehead atoms. The van der Waals surface area contributed by atoms with E-state index in [1.165, 1.54) is 47.5 Å². The van der Waals surface area contributed by atoms with Crippen molar-refractivity contribution < 1.29 is 9.76 Å². The maximum atomic E-state index is 10.5. The summed E-state index contributed by atoms with van der Waals surface area (Å²) in [4.78, 5) is 0. The third-order valence-corrected chi connectivity index (χ3v) is 7.96. The van der Waals surface area contributed by atoms with Gasteiger partial charge in [-0.3, -0.25) is 0 Å². The molecule has 0 spiro atoms. The molecule has 30 heavy (non-hydrogen) atoms. The predicted molar refractivity (Wildman–Crippen MR) is 132 cm³/mol. The van der Waals surface area contributed by atoms with E-state index < -0.39 is 11.2 Å². The molecule has 0 radical (unpaired) electrons. The summed E-state index contributed by atoms with van der Waals surface area (Å²) in [5.74, 6) is 0. The highest BCUT2D eigenvalue weighted by Crippen LogP contribution is 2.40. The van der Waals surface area contributed by atoms with Crippen LogP contribution < -0.4 is 5.46 Å². The summed E-state index contributed by atoms with van der Waals surface area (Å²) >= 11 is 1.89. The Morgan fingerprint density at radius 1 is 1.03 bits per heavy atom. The van der Waals surface area contributed by atoms with Crippen molar-refractivity contribution in [1.82, 2.24) is 0 Å². The summed E-state index contributed by atoms with van der Waals surface area (Å²) < 4.78 is 8.98. The van der Waals surface area contributed by atoms with E-state index in [-0.39, 0.29) is 0 Å². The van der Waals surface area contributed by atoms with E-state index in [4.69, 9.17) is 4.65 Å². The van der Waals surface area contributed by atoms with Gasteiger partial charge in [0.05, 0.1) is 11.2 Å². The van der Waals surface area contributed by atoms with Gasteiger partial charge >= 0.3 is 7.48 Å². The minimum absolute atomic E-state index is 0.473. The summed E-state index contributed by atoms with van der Waals surface area (Å²) in [6.07, 6.45) is 6.73. The minimum Gasteiger partial charge on any atom is -0.427 e. The lowest BCUT2D eigenvalue weighted by Crippen LogP contribution is -2.49. The van der Waals surface area contributed by atoms with Crippen LogP contribution in [0.5, 0.6) is 0 Å². The van der Waals surface area contributed by atoms with Crippen LogP contribution >= 0.6 is 11.3 Å². The molecule has 1 heterocycles. The maximum Gasteiger partial charge on any atom is 0.310 e. The summed E-state index contributed by atoms with van der Waals surface area (Å²) in [5.41, 5.74) is 2.43. The molecular weight excluding hydrogens is 387 g/mol. The Hall–Kier alpha value is -2.14. The number of fused-ring (bicyclic) bond motifs is 7. The fourth-order valence-electron chi connectivity index (χ4n) is 4.28. The van der Waals surface area contributed by atoms with E-state index in [1.807, 2.05) is 39.0 Å². The highest BCUT2D eigenvalue weighted by molar-refractivity contribution is 7.27. The zero-order valence-electron chi connectivity index (χ0n) is 18.1. The van der Waals surface area contributed by atoms with Gasteiger partial charge in [0.15, 0.2) is 0 Å². The fraction of sp³-hybridized carbons (Fsp3) is 0.308. The minimum atomic E-state index is -0.926. The molecule has 2 nitrogen and oxygen atoms in total. The van der Waals surface area contributed by atoms with Crippen molar-refractivity contribution in [3.63, 3.8) is 0 Å². The van der Waals surface area contributed by atoms with Crippen LogP contribution in [-0.2, 0) is 11.1 Å². The molecule has 0 saturated carbocycles. The van der Waals surface area contributed by atoms with Gasteiger partial charge in [-0.15, -0.1) is 11.3 Å². The molecule has 0 saturated heterocycles. The number of aryl methyl sites for hydroxylation is 1. The lowest BCUT2D eigenvalue weighted by atomic mass is 9.78. The second-order valence-corrected chi connectivity index (χ2v) is 10.4. The van der Waals surface area contributed by atoms with Gasteiger partial charge in [-0.05, 0) is 79.4 Å². The zero-order valence-corrected chi connectivity index (χ0v) is 18.9. The van der Waals surface area contributed by atoms with Gasteiger partial charge in [-0.1, -0.05) is 48.6 Å². The van der Waals surface area contributed by atoms with E-state index in [1.54, 1.807) is 0 Å². The Bertz CT molecular complexity index is 1310. The molecule has 5 rings (SSSR count). The molecule has 0 fully saturated rings. The van der Waals surface area contributed by atoms with Crippen LogP contribution in [0.2, 0.25) is 0 Å². The van der Waals surface area contributed by atoms with Crippen molar-refractivity contribution in [2.75, 3.05) is 0 Å². The Kier molecular flexibility index (Phi) is 4.59. The molecule has 0 aliphatic heterocycles. The average molecular weight is 414 g/mol. The number of rotatable bonds is 4. The Balaban J connectivity index is 1.77. The summed E-state index contributed by atoms with van der Waals surface area (Å²) in [5, 5.41) is 15.8. The van der Waals surface area contributed by atoms with Crippen molar-refractivity contribution in [2.24, 2.45) is 0 Å². The first kappa shape index (κ1) is 19.8. The second-order valence-electron chi connectivity index (χ2n) is 9.37. The molecular formula is C26H27BO2S. The van der Waals surface area contributed by atoms with Gasteiger partial charge in [-0.25, -0.2) is 0 Å². The molecule has 1 aromatic heterocycles. The average Bonchev–Trinajstić information content (AvgIpc) is 3.10. The number of hydrogen-bond donors (Lipinski definition) is 1. The van der Waals surface area contributed by atoms with Gasteiger partial charge in [0.25, 0.3) is 0 Å². The Labute approximate surface area is 182 Å². The number of benzene rings is 3. The standard InChI is InChI=1S/C26H27BO2S/c1-25(2,28)26(3,4)29-27-20-15-17-14-13-16-9-5-6-10-18(16)22(17)24-23(20)19-11-7-8-12-21(19)30-24/h5,7-9,11-15,27-28H,6,10H2,1-4H3. The third-order valence-electron chi connectivity index (χ3n) is 6.78. The van der Waals surface area contributed by atoms with E-state index in [9.17, 15) is 5.11 Å². The fourth-order valence-corrected chi connectivity index (χ4v) is 5.62. The lowest BCUT2D eigenvalue weighted by molar-refractivity contribution is -0.0893. The van der Waals surface area contributed by atoms with Crippen LogP contribution in [0, 0.1) is 0 Å². The smallest absolute Gasteiger partial charge is 0.310 e. The molecule has 0 unspecified atom stereocenters. The van der Waals surface area contributed by atoms with Gasteiger partial charge in [-0.2, -0.15) is 0 Å². The van der Waals surface area contributed by atoms with E-state index >= 15 is 0 Å². The molecule has 152 valence electrons. The van der Waals surface area contributed by atoms with Crippen molar-refractivity contribution in [1.29, 1.82) is 0 Å². The summed E-state index contributed by atoms with van der Waals surface area (Å²) in [6, 6.07) is 15.5. The molecule has 4 aromatic rings. The van der Waals surface area contributed by atoms with E-state index in [0.717, 1.165) is 12.8 Å². The van der Waals surface area contributed by atoms with Crippen molar-refractivity contribution >= 4 is 61.3 Å². The van der Waals surface area contributed by atoms with Gasteiger partial charge in [0.1, 0.15) is 0 Å². The predicted octanol–water partition coefficient (Wildman–Crippen LogP) is 5.71. The summed E-state index contributed by atoms with van der Waals surface area (Å²) in [7, 11) is 0.473. The molecule has 3 aromatic carbocycles. The third kappa shape index (κ3) is 3.10. The van der Waals surface area contributed by atoms with Crippen molar-refractivity contribution in [2.45, 2.75) is 51.7 Å². The van der Waals surface area contributed by atoms with Crippen LogP contribution in [0.15, 0.2) is 48.5 Å². The number of allylic oxidation sites excluding steroid dienone is 1. The normalized spacial score (nSPS) is 14.6. The number of thiophene rings is 1. The number of hydrogen-bond acceptors (Lipinski definition) is 3. The largest absolute Gasteiger partial charge is 0.427 e. The highest BCUT2D eigenvalue weighted by Gasteiger charge is 2.36. The number of aliphatic hydroxyl groups is 1. The molecule has 1 aliphatic carbocycles. The lowest BCUT2D eigenvalue weighted by Gasteiger charge is -2.37. The molecule has 4 heteroatoms. The first-order valence-corrected chi connectivity index (χ1v) is 11.5. The first-order valence-electron chi connectivity index (χ1n) is 10.7. The first-order chi connectivity index (χ1) is 14.3. The van der Waals surface area contributed by atoms with E-state index in [2.05, 4.69) is 54.6 Å². The van der Waals surface area contributed by atoms with Gasteiger partial charge in [0, 0.05) is 14.8 Å². The Morgan fingerprint density at radius 3 is 2.63 bits per heavy atom. The quantitative estimate of drug-likeness (QED) is 0.434. The summed E-state index contributed by atoms with van der Waals surface area (Å²) in [6.45, 7) is 7.53. The van der Waals surface area contributed by atoms with Gasteiger partial charge in [0.2, 0.25) is 0 Å². The van der Waals surface area contributed by atoms with Gasteiger partial charge < -0.3 is 9.76 Å². The molecule has 1 N–H and O–H groups in total. The van der Waals surface area contributed by atoms with Crippen LogP contribution in [-0.4, -0.2) is 23.8 Å². The SMILES string of the molecule is CC(C)(O)C(C)(C)OBc1cc2ccc3c(c2c2sc4ccccc4c12)CCC=C3. The van der Waals surface area contributed by atoms with Crippen LogP contribution in [0.1, 0.15) is 45.2 Å². The zero-order chi connectivity index (χ0) is 21.1. The van der Waals surface area contributed by atoms with Crippen LogP contribution in [0.25, 0.3) is 37.0 Å². The second kappa shape index (κ2) is 6.95. The Morgan fingerprint density at radius 2 is 1.83 bits per heavy atom. The highest BCUT2D eigenvalue weighted by atomic mass is 32.1. The van der Waals surface area contributed by atoms with Crippen molar-refractivity contribution in [3.05, 3.63) is 59.7 Å².